The largest absolute Gasteiger partial charge is 0.346 e. The first kappa shape index (κ1) is 16.6. The van der Waals surface area contributed by atoms with Crippen molar-refractivity contribution in [2.24, 2.45) is 0 Å². The predicted molar refractivity (Wildman–Crippen MR) is 96.4 cm³/mol. The van der Waals surface area contributed by atoms with Crippen molar-refractivity contribution in [2.75, 3.05) is 0 Å². The second kappa shape index (κ2) is 6.45. The molecular formula is C19H23ClN4O. The monoisotopic (exact) mass is 358 g/mol. The molecule has 132 valence electrons. The zero-order valence-electron chi connectivity index (χ0n) is 14.4. The predicted octanol–water partition coefficient (Wildman–Crippen LogP) is 3.96. The fourth-order valence-corrected chi connectivity index (χ4v) is 4.09. The lowest BCUT2D eigenvalue weighted by Crippen LogP contribution is -2.37. The van der Waals surface area contributed by atoms with Crippen LogP contribution in [0, 0.1) is 0 Å². The van der Waals surface area contributed by atoms with Crippen LogP contribution < -0.4 is 5.32 Å². The summed E-state index contributed by atoms with van der Waals surface area (Å²) in [5.74, 6) is 0.926. The molecule has 5 nitrogen and oxygen atoms in total. The minimum absolute atomic E-state index is 0.0725. The molecule has 2 saturated carbocycles. The standard InChI is InChI=1S/C19H23ClN4O/c1-13(17-23-21-12-24(17)16-4-2-3-5-16)22-18(25)19(10-11-19)14-6-8-15(20)9-7-14/h6-9,12-13,16H,2-5,10-11H2,1H3,(H,22,25). The summed E-state index contributed by atoms with van der Waals surface area (Å²) in [5, 5.41) is 12.2. The van der Waals surface area contributed by atoms with Gasteiger partial charge in [-0.1, -0.05) is 36.6 Å². The summed E-state index contributed by atoms with van der Waals surface area (Å²) < 4.78 is 2.15. The van der Waals surface area contributed by atoms with Crippen LogP contribution in [0.15, 0.2) is 30.6 Å². The molecule has 2 aromatic rings. The molecule has 1 atom stereocenters. The van der Waals surface area contributed by atoms with Gasteiger partial charge in [0.1, 0.15) is 6.33 Å². The molecule has 1 aromatic carbocycles. The molecule has 6 heteroatoms. The lowest BCUT2D eigenvalue weighted by molar-refractivity contribution is -0.124. The average molecular weight is 359 g/mol. The summed E-state index contributed by atoms with van der Waals surface area (Å²) >= 11 is 5.97. The van der Waals surface area contributed by atoms with Crippen LogP contribution in [0.4, 0.5) is 0 Å². The number of halogens is 1. The Bertz CT molecular complexity index is 760. The number of nitrogens with zero attached hydrogens (tertiary/aromatic N) is 3. The molecule has 0 bridgehead atoms. The average Bonchev–Trinajstić information content (AvgIpc) is 3.02. The van der Waals surface area contributed by atoms with Gasteiger partial charge >= 0.3 is 0 Å². The minimum atomic E-state index is -0.406. The van der Waals surface area contributed by atoms with Gasteiger partial charge < -0.3 is 9.88 Å². The van der Waals surface area contributed by atoms with Gasteiger partial charge in [0.25, 0.3) is 0 Å². The van der Waals surface area contributed by atoms with Gasteiger partial charge in [0, 0.05) is 11.1 Å². The second-order valence-corrected chi connectivity index (χ2v) is 7.76. The van der Waals surface area contributed by atoms with Gasteiger partial charge in [-0.15, -0.1) is 10.2 Å². The first-order valence-corrected chi connectivity index (χ1v) is 9.44. The Hall–Kier alpha value is -1.88. The maximum absolute atomic E-state index is 12.9. The Morgan fingerprint density at radius 3 is 2.60 bits per heavy atom. The van der Waals surface area contributed by atoms with Crippen LogP contribution in [0.3, 0.4) is 0 Å². The van der Waals surface area contributed by atoms with E-state index < -0.39 is 5.41 Å². The molecule has 0 radical (unpaired) electrons. The number of nitrogens with one attached hydrogen (secondary N) is 1. The van der Waals surface area contributed by atoms with E-state index in [1.165, 1.54) is 25.7 Å². The van der Waals surface area contributed by atoms with Crippen LogP contribution in [-0.2, 0) is 10.2 Å². The maximum Gasteiger partial charge on any atom is 0.231 e. The molecular weight excluding hydrogens is 336 g/mol. The number of rotatable bonds is 5. The van der Waals surface area contributed by atoms with Crippen molar-refractivity contribution in [3.63, 3.8) is 0 Å². The molecule has 25 heavy (non-hydrogen) atoms. The quantitative estimate of drug-likeness (QED) is 0.880. The number of benzene rings is 1. The number of hydrogen-bond acceptors (Lipinski definition) is 3. The SMILES string of the molecule is CC(NC(=O)C1(c2ccc(Cl)cc2)CC1)c1nncn1C1CCCC1. The normalized spacial score (nSPS) is 20.4. The van der Waals surface area contributed by atoms with Gasteiger partial charge in [-0.05, 0) is 50.3 Å². The summed E-state index contributed by atoms with van der Waals surface area (Å²) in [5.41, 5.74) is 0.635. The van der Waals surface area contributed by atoms with E-state index in [1.807, 2.05) is 31.2 Å². The Morgan fingerprint density at radius 1 is 1.28 bits per heavy atom. The molecule has 1 amide bonds. The number of carbonyl (C=O) groups excluding carboxylic acids is 1. The zero-order valence-corrected chi connectivity index (χ0v) is 15.2. The van der Waals surface area contributed by atoms with Gasteiger partial charge in [-0.2, -0.15) is 0 Å². The first-order chi connectivity index (χ1) is 12.1. The summed E-state index contributed by atoms with van der Waals surface area (Å²) in [4.78, 5) is 12.9. The number of amides is 1. The summed E-state index contributed by atoms with van der Waals surface area (Å²) in [6.45, 7) is 1.99. The van der Waals surface area contributed by atoms with Crippen molar-refractivity contribution < 1.29 is 4.79 Å². The highest BCUT2D eigenvalue weighted by Gasteiger charge is 2.51. The van der Waals surface area contributed by atoms with E-state index in [1.54, 1.807) is 6.33 Å². The van der Waals surface area contributed by atoms with Crippen molar-refractivity contribution in [3.8, 4) is 0 Å². The van der Waals surface area contributed by atoms with Gasteiger partial charge in [0.15, 0.2) is 5.82 Å². The van der Waals surface area contributed by atoms with E-state index in [9.17, 15) is 4.79 Å². The smallest absolute Gasteiger partial charge is 0.231 e. The summed E-state index contributed by atoms with van der Waals surface area (Å²) in [6.07, 6.45) is 8.40. The Balaban J connectivity index is 1.49. The van der Waals surface area contributed by atoms with E-state index >= 15 is 0 Å². The third-order valence-corrected chi connectivity index (χ3v) is 5.89. The molecule has 4 rings (SSSR count). The van der Waals surface area contributed by atoms with E-state index in [0.29, 0.717) is 11.1 Å². The molecule has 2 aliphatic carbocycles. The molecule has 1 aromatic heterocycles. The molecule has 1 unspecified atom stereocenters. The van der Waals surface area contributed by atoms with Crippen LogP contribution in [0.5, 0.6) is 0 Å². The molecule has 1 N–H and O–H groups in total. The van der Waals surface area contributed by atoms with Gasteiger partial charge in [-0.25, -0.2) is 0 Å². The first-order valence-electron chi connectivity index (χ1n) is 9.06. The van der Waals surface area contributed by atoms with Crippen molar-refractivity contribution in [1.82, 2.24) is 20.1 Å². The topological polar surface area (TPSA) is 59.8 Å². The zero-order chi connectivity index (χ0) is 17.4. The number of carbonyl (C=O) groups is 1. The van der Waals surface area contributed by atoms with Gasteiger partial charge in [-0.3, -0.25) is 4.79 Å². The lowest BCUT2D eigenvalue weighted by atomic mass is 9.94. The maximum atomic E-state index is 12.9. The van der Waals surface area contributed by atoms with Crippen molar-refractivity contribution in [1.29, 1.82) is 0 Å². The molecule has 2 aliphatic rings. The van der Waals surface area contributed by atoms with Crippen molar-refractivity contribution in [2.45, 2.75) is 62.9 Å². The van der Waals surface area contributed by atoms with Crippen molar-refractivity contribution >= 4 is 17.5 Å². The molecule has 0 aliphatic heterocycles. The molecule has 1 heterocycles. The van der Waals surface area contributed by atoms with E-state index in [0.717, 1.165) is 24.2 Å². The van der Waals surface area contributed by atoms with Crippen LogP contribution in [-0.4, -0.2) is 20.7 Å². The Kier molecular flexibility index (Phi) is 4.28. The van der Waals surface area contributed by atoms with Crippen LogP contribution in [0.2, 0.25) is 5.02 Å². The molecule has 0 saturated heterocycles. The Morgan fingerprint density at radius 2 is 1.96 bits per heavy atom. The highest BCUT2D eigenvalue weighted by atomic mass is 35.5. The highest BCUT2D eigenvalue weighted by molar-refractivity contribution is 6.30. The van der Waals surface area contributed by atoms with Crippen LogP contribution >= 0.6 is 11.6 Å². The second-order valence-electron chi connectivity index (χ2n) is 7.32. The fourth-order valence-electron chi connectivity index (χ4n) is 3.97. The summed E-state index contributed by atoms with van der Waals surface area (Å²) in [6, 6.07) is 7.94. The van der Waals surface area contributed by atoms with E-state index in [4.69, 9.17) is 11.6 Å². The van der Waals surface area contributed by atoms with Gasteiger partial charge in [0.05, 0.1) is 11.5 Å². The Labute approximate surface area is 152 Å². The van der Waals surface area contributed by atoms with E-state index in [-0.39, 0.29) is 11.9 Å². The van der Waals surface area contributed by atoms with Gasteiger partial charge in [0.2, 0.25) is 5.91 Å². The highest BCUT2D eigenvalue weighted by Crippen LogP contribution is 2.49. The van der Waals surface area contributed by atoms with E-state index in [2.05, 4.69) is 20.1 Å². The third kappa shape index (κ3) is 3.06. The molecule has 0 spiro atoms. The fraction of sp³-hybridized carbons (Fsp3) is 0.526. The van der Waals surface area contributed by atoms with Crippen molar-refractivity contribution in [3.05, 3.63) is 47.0 Å². The third-order valence-electron chi connectivity index (χ3n) is 5.64. The lowest BCUT2D eigenvalue weighted by Gasteiger charge is -2.22. The van der Waals surface area contributed by atoms with Crippen LogP contribution in [0.25, 0.3) is 0 Å². The summed E-state index contributed by atoms with van der Waals surface area (Å²) in [7, 11) is 0. The number of hydrogen-bond donors (Lipinski definition) is 1. The van der Waals surface area contributed by atoms with Crippen LogP contribution in [0.1, 0.15) is 68.9 Å². The number of aromatic nitrogens is 3. The molecule has 2 fully saturated rings. The minimum Gasteiger partial charge on any atom is -0.346 e.